The number of fused-ring (bicyclic) bond motifs is 1. The van der Waals surface area contributed by atoms with E-state index < -0.39 is 0 Å². The van der Waals surface area contributed by atoms with Crippen molar-refractivity contribution in [3.8, 4) is 0 Å². The van der Waals surface area contributed by atoms with Gasteiger partial charge in [-0.3, -0.25) is 9.48 Å². The fourth-order valence-corrected chi connectivity index (χ4v) is 3.83. The number of thiazole rings is 1. The summed E-state index contributed by atoms with van der Waals surface area (Å²) >= 11 is 1.68. The highest BCUT2D eigenvalue weighted by Gasteiger charge is 2.16. The molecule has 1 saturated heterocycles. The topological polar surface area (TPSA) is 63.1 Å². The number of amides is 1. The predicted octanol–water partition coefficient (Wildman–Crippen LogP) is 2.88. The van der Waals surface area contributed by atoms with Crippen molar-refractivity contribution < 1.29 is 4.79 Å². The molecule has 118 valence electrons. The van der Waals surface area contributed by atoms with Gasteiger partial charge < -0.3 is 10.2 Å². The lowest BCUT2D eigenvalue weighted by Crippen LogP contribution is -2.16. The van der Waals surface area contributed by atoms with E-state index in [9.17, 15) is 4.79 Å². The van der Waals surface area contributed by atoms with Crippen LogP contribution < -0.4 is 10.2 Å². The van der Waals surface area contributed by atoms with Crippen LogP contribution in [-0.2, 0) is 7.05 Å². The third-order valence-electron chi connectivity index (χ3n) is 3.98. The Bertz CT molecular complexity index is 862. The number of hydrogen-bond donors (Lipinski definition) is 1. The Balaban J connectivity index is 1.57. The molecule has 0 bridgehead atoms. The molecule has 0 saturated carbocycles. The molecule has 23 heavy (non-hydrogen) atoms. The molecule has 3 heterocycles. The molecule has 0 radical (unpaired) electrons. The van der Waals surface area contributed by atoms with Crippen molar-refractivity contribution in [3.63, 3.8) is 0 Å². The van der Waals surface area contributed by atoms with Crippen molar-refractivity contribution in [1.82, 2.24) is 14.8 Å². The first-order chi connectivity index (χ1) is 11.2. The van der Waals surface area contributed by atoms with E-state index in [4.69, 9.17) is 4.98 Å². The van der Waals surface area contributed by atoms with Crippen LogP contribution in [0.3, 0.4) is 0 Å². The van der Waals surface area contributed by atoms with Crippen molar-refractivity contribution in [3.05, 3.63) is 36.2 Å². The van der Waals surface area contributed by atoms with Gasteiger partial charge in [0.05, 0.1) is 22.0 Å². The first-order valence-corrected chi connectivity index (χ1v) is 8.46. The molecule has 0 spiro atoms. The number of benzene rings is 1. The molecule has 2 aromatic heterocycles. The summed E-state index contributed by atoms with van der Waals surface area (Å²) in [6.45, 7) is 2.18. The van der Waals surface area contributed by atoms with Crippen molar-refractivity contribution in [2.75, 3.05) is 23.3 Å². The third-order valence-corrected chi connectivity index (χ3v) is 5.06. The number of anilines is 2. The van der Waals surface area contributed by atoms with Gasteiger partial charge in [-0.15, -0.1) is 0 Å². The van der Waals surface area contributed by atoms with Crippen LogP contribution in [0, 0.1) is 0 Å². The SMILES string of the molecule is Cn1cc(C(=O)Nc2ccc3nc(N4CCCC4)sc3c2)cn1. The van der Waals surface area contributed by atoms with Crippen LogP contribution in [0.25, 0.3) is 10.2 Å². The molecule has 0 atom stereocenters. The monoisotopic (exact) mass is 327 g/mol. The normalized spacial score (nSPS) is 14.6. The Morgan fingerprint density at radius 2 is 2.13 bits per heavy atom. The van der Waals surface area contributed by atoms with Crippen LogP contribution in [0.4, 0.5) is 10.8 Å². The first kappa shape index (κ1) is 14.2. The molecule has 7 heteroatoms. The van der Waals surface area contributed by atoms with Gasteiger partial charge in [0.25, 0.3) is 5.91 Å². The standard InChI is InChI=1S/C16H17N5OS/c1-20-10-11(9-17-20)15(22)18-12-4-5-13-14(8-12)23-16(19-13)21-6-2-3-7-21/h4-5,8-10H,2-3,6-7H2,1H3,(H,18,22). The molecule has 6 nitrogen and oxygen atoms in total. The Morgan fingerprint density at radius 1 is 1.30 bits per heavy atom. The summed E-state index contributed by atoms with van der Waals surface area (Å²) in [6.07, 6.45) is 5.74. The van der Waals surface area contributed by atoms with Gasteiger partial charge in [-0.05, 0) is 31.0 Å². The van der Waals surface area contributed by atoms with Gasteiger partial charge in [-0.25, -0.2) is 4.98 Å². The molecular weight excluding hydrogens is 310 g/mol. The van der Waals surface area contributed by atoms with Gasteiger partial charge in [0.15, 0.2) is 5.13 Å². The maximum atomic E-state index is 12.2. The average molecular weight is 327 g/mol. The van der Waals surface area contributed by atoms with E-state index in [0.29, 0.717) is 5.56 Å². The van der Waals surface area contributed by atoms with Crippen LogP contribution in [0.15, 0.2) is 30.6 Å². The highest BCUT2D eigenvalue weighted by atomic mass is 32.1. The van der Waals surface area contributed by atoms with E-state index >= 15 is 0 Å². The molecular formula is C16H17N5OS. The van der Waals surface area contributed by atoms with E-state index in [-0.39, 0.29) is 5.91 Å². The van der Waals surface area contributed by atoms with Crippen molar-refractivity contribution >= 4 is 38.3 Å². The molecule has 3 aromatic rings. The van der Waals surface area contributed by atoms with E-state index in [1.807, 2.05) is 18.2 Å². The van der Waals surface area contributed by atoms with Crippen molar-refractivity contribution in [2.45, 2.75) is 12.8 Å². The average Bonchev–Trinajstić information content (AvgIpc) is 3.26. The quantitative estimate of drug-likeness (QED) is 0.803. The van der Waals surface area contributed by atoms with Gasteiger partial charge in [-0.1, -0.05) is 11.3 Å². The maximum Gasteiger partial charge on any atom is 0.258 e. The number of carbonyl (C=O) groups excluding carboxylic acids is 1. The van der Waals surface area contributed by atoms with Crippen LogP contribution in [0.1, 0.15) is 23.2 Å². The lowest BCUT2D eigenvalue weighted by Gasteiger charge is -2.11. The summed E-state index contributed by atoms with van der Waals surface area (Å²) in [6, 6.07) is 5.84. The van der Waals surface area contributed by atoms with Crippen LogP contribution >= 0.6 is 11.3 Å². The minimum atomic E-state index is -0.151. The lowest BCUT2D eigenvalue weighted by molar-refractivity contribution is 0.102. The van der Waals surface area contributed by atoms with Crippen LogP contribution in [-0.4, -0.2) is 33.8 Å². The van der Waals surface area contributed by atoms with Gasteiger partial charge in [0, 0.05) is 32.0 Å². The van der Waals surface area contributed by atoms with E-state index in [2.05, 4.69) is 15.3 Å². The predicted molar refractivity (Wildman–Crippen MR) is 92.2 cm³/mol. The van der Waals surface area contributed by atoms with E-state index in [0.717, 1.165) is 34.1 Å². The first-order valence-electron chi connectivity index (χ1n) is 7.64. The number of hydrogen-bond acceptors (Lipinski definition) is 5. The van der Waals surface area contributed by atoms with Crippen molar-refractivity contribution in [2.24, 2.45) is 7.05 Å². The maximum absolute atomic E-state index is 12.2. The fraction of sp³-hybridized carbons (Fsp3) is 0.312. The molecule has 1 fully saturated rings. The molecule has 1 aliphatic heterocycles. The van der Waals surface area contributed by atoms with Gasteiger partial charge >= 0.3 is 0 Å². The summed E-state index contributed by atoms with van der Waals surface area (Å²) in [5.41, 5.74) is 2.31. The fourth-order valence-electron chi connectivity index (χ4n) is 2.78. The highest BCUT2D eigenvalue weighted by molar-refractivity contribution is 7.22. The van der Waals surface area contributed by atoms with Crippen LogP contribution in [0.5, 0.6) is 0 Å². The number of nitrogens with zero attached hydrogens (tertiary/aromatic N) is 4. The molecule has 1 N–H and O–H groups in total. The summed E-state index contributed by atoms with van der Waals surface area (Å²) in [5.74, 6) is -0.151. The smallest absolute Gasteiger partial charge is 0.258 e. The second-order valence-corrected chi connectivity index (χ2v) is 6.74. The zero-order valence-electron chi connectivity index (χ0n) is 12.8. The van der Waals surface area contributed by atoms with E-state index in [1.54, 1.807) is 35.5 Å². The molecule has 0 unspecified atom stereocenters. The Morgan fingerprint density at radius 3 is 2.87 bits per heavy atom. The molecule has 1 amide bonds. The van der Waals surface area contributed by atoms with E-state index in [1.165, 1.54) is 12.8 Å². The Hall–Kier alpha value is -2.41. The second kappa shape index (κ2) is 5.66. The highest BCUT2D eigenvalue weighted by Crippen LogP contribution is 2.32. The molecule has 4 rings (SSSR count). The molecule has 1 aliphatic rings. The summed E-state index contributed by atoms with van der Waals surface area (Å²) in [5, 5.41) is 8.01. The zero-order valence-corrected chi connectivity index (χ0v) is 13.6. The number of rotatable bonds is 3. The second-order valence-electron chi connectivity index (χ2n) is 5.73. The number of aromatic nitrogens is 3. The Labute approximate surface area is 137 Å². The zero-order chi connectivity index (χ0) is 15.8. The summed E-state index contributed by atoms with van der Waals surface area (Å²) in [7, 11) is 1.79. The van der Waals surface area contributed by atoms with Crippen LogP contribution in [0.2, 0.25) is 0 Å². The summed E-state index contributed by atoms with van der Waals surface area (Å²) < 4.78 is 2.71. The minimum absolute atomic E-state index is 0.151. The Kier molecular flexibility index (Phi) is 3.49. The van der Waals surface area contributed by atoms with Gasteiger partial charge in [0.1, 0.15) is 0 Å². The number of aryl methyl sites for hydroxylation is 1. The minimum Gasteiger partial charge on any atom is -0.348 e. The number of nitrogens with one attached hydrogen (secondary N) is 1. The third kappa shape index (κ3) is 2.79. The largest absolute Gasteiger partial charge is 0.348 e. The van der Waals surface area contributed by atoms with Crippen molar-refractivity contribution in [1.29, 1.82) is 0 Å². The number of carbonyl (C=O) groups is 1. The lowest BCUT2D eigenvalue weighted by atomic mass is 10.2. The van der Waals surface area contributed by atoms with Gasteiger partial charge in [0.2, 0.25) is 0 Å². The molecule has 1 aromatic carbocycles. The summed E-state index contributed by atoms with van der Waals surface area (Å²) in [4.78, 5) is 19.2. The van der Waals surface area contributed by atoms with Gasteiger partial charge in [-0.2, -0.15) is 5.10 Å². The molecule has 0 aliphatic carbocycles.